The van der Waals surface area contributed by atoms with Crippen LogP contribution in [0, 0.1) is 0 Å². The van der Waals surface area contributed by atoms with Crippen LogP contribution in [-0.2, 0) is 11.3 Å². The Morgan fingerprint density at radius 2 is 2.33 bits per heavy atom. The number of rotatable bonds is 4. The van der Waals surface area contributed by atoms with Gasteiger partial charge in [-0.25, -0.2) is 0 Å². The van der Waals surface area contributed by atoms with Crippen LogP contribution in [0.25, 0.3) is 0 Å². The Hall–Kier alpha value is -0.770. The summed E-state index contributed by atoms with van der Waals surface area (Å²) < 4.78 is 10.9. The molecule has 0 radical (unpaired) electrons. The molecule has 0 aliphatic carbocycles. The Morgan fingerprint density at radius 1 is 1.50 bits per heavy atom. The van der Waals surface area contributed by atoms with E-state index < -0.39 is 0 Å². The van der Waals surface area contributed by atoms with Crippen molar-refractivity contribution in [3.8, 4) is 5.75 Å². The molecule has 2 rings (SSSR count). The average Bonchev–Trinajstić information content (AvgIpc) is 2.38. The van der Waals surface area contributed by atoms with Crippen molar-refractivity contribution in [3.05, 3.63) is 28.8 Å². The molecule has 0 saturated carbocycles. The molecule has 1 saturated heterocycles. The van der Waals surface area contributed by atoms with Crippen LogP contribution >= 0.6 is 11.6 Å². The number of hydrogen-bond donors (Lipinski definition) is 1. The number of ether oxygens (including phenoxy) is 2. The standard InChI is InChI=1S/C14H20ClNO2/c1-14(6-3-7-18-10-14)16-9-11-8-12(15)4-5-13(11)17-2/h4-5,8,16H,3,6-7,9-10H2,1-2H3. The molecule has 0 aromatic heterocycles. The van der Waals surface area contributed by atoms with E-state index in [9.17, 15) is 0 Å². The molecular formula is C14H20ClNO2. The molecule has 0 amide bonds. The van der Waals surface area contributed by atoms with Crippen molar-refractivity contribution in [2.45, 2.75) is 31.8 Å². The highest BCUT2D eigenvalue weighted by molar-refractivity contribution is 6.30. The summed E-state index contributed by atoms with van der Waals surface area (Å²) in [6.07, 6.45) is 2.24. The minimum atomic E-state index is 0.0472. The van der Waals surface area contributed by atoms with E-state index in [1.165, 1.54) is 0 Å². The van der Waals surface area contributed by atoms with Gasteiger partial charge in [0.1, 0.15) is 5.75 Å². The third-order valence-electron chi connectivity index (χ3n) is 3.39. The number of benzene rings is 1. The molecule has 1 aromatic rings. The predicted molar refractivity (Wildman–Crippen MR) is 73.3 cm³/mol. The van der Waals surface area contributed by atoms with E-state index in [0.717, 1.165) is 48.9 Å². The second kappa shape index (κ2) is 5.91. The second-order valence-corrected chi connectivity index (χ2v) is 5.46. The predicted octanol–water partition coefficient (Wildman–Crippen LogP) is 3.01. The maximum atomic E-state index is 6.02. The summed E-state index contributed by atoms with van der Waals surface area (Å²) >= 11 is 6.02. The van der Waals surface area contributed by atoms with Crippen molar-refractivity contribution in [3.63, 3.8) is 0 Å². The van der Waals surface area contributed by atoms with Gasteiger partial charge >= 0.3 is 0 Å². The maximum Gasteiger partial charge on any atom is 0.123 e. The first-order valence-corrected chi connectivity index (χ1v) is 6.66. The smallest absolute Gasteiger partial charge is 0.123 e. The molecule has 100 valence electrons. The van der Waals surface area contributed by atoms with Crippen molar-refractivity contribution >= 4 is 11.6 Å². The first kappa shape index (κ1) is 13.7. The molecule has 1 aromatic carbocycles. The average molecular weight is 270 g/mol. The van der Waals surface area contributed by atoms with E-state index in [1.54, 1.807) is 7.11 Å². The van der Waals surface area contributed by atoms with Gasteiger partial charge in [0.05, 0.1) is 13.7 Å². The van der Waals surface area contributed by atoms with E-state index in [-0.39, 0.29) is 5.54 Å². The molecule has 1 fully saturated rings. The van der Waals surface area contributed by atoms with Gasteiger partial charge in [-0.05, 0) is 38.0 Å². The van der Waals surface area contributed by atoms with Crippen LogP contribution in [0.5, 0.6) is 5.75 Å². The number of halogens is 1. The van der Waals surface area contributed by atoms with E-state index >= 15 is 0 Å². The van der Waals surface area contributed by atoms with Crippen LogP contribution in [0.2, 0.25) is 5.02 Å². The van der Waals surface area contributed by atoms with Crippen LogP contribution in [0.15, 0.2) is 18.2 Å². The lowest BCUT2D eigenvalue weighted by Gasteiger charge is -2.34. The van der Waals surface area contributed by atoms with E-state index in [4.69, 9.17) is 21.1 Å². The Morgan fingerprint density at radius 3 is 3.00 bits per heavy atom. The highest BCUT2D eigenvalue weighted by atomic mass is 35.5. The monoisotopic (exact) mass is 269 g/mol. The van der Waals surface area contributed by atoms with E-state index in [1.807, 2.05) is 18.2 Å². The van der Waals surface area contributed by atoms with Crippen molar-refractivity contribution in [1.29, 1.82) is 0 Å². The summed E-state index contributed by atoms with van der Waals surface area (Å²) in [6.45, 7) is 4.57. The number of methoxy groups -OCH3 is 1. The van der Waals surface area contributed by atoms with Crippen molar-refractivity contribution in [2.75, 3.05) is 20.3 Å². The second-order valence-electron chi connectivity index (χ2n) is 5.03. The molecule has 0 bridgehead atoms. The molecule has 1 unspecified atom stereocenters. The van der Waals surface area contributed by atoms with E-state index in [0.29, 0.717) is 0 Å². The molecule has 4 heteroatoms. The van der Waals surface area contributed by atoms with Gasteiger partial charge in [0.2, 0.25) is 0 Å². The molecule has 3 nitrogen and oxygen atoms in total. The van der Waals surface area contributed by atoms with Gasteiger partial charge in [0.25, 0.3) is 0 Å². The van der Waals surface area contributed by atoms with Gasteiger partial charge in [0.15, 0.2) is 0 Å². The highest BCUT2D eigenvalue weighted by Gasteiger charge is 2.27. The zero-order chi connectivity index (χ0) is 13.0. The SMILES string of the molecule is COc1ccc(Cl)cc1CNC1(C)CCCOC1. The lowest BCUT2D eigenvalue weighted by atomic mass is 9.94. The zero-order valence-corrected chi connectivity index (χ0v) is 11.7. The van der Waals surface area contributed by atoms with Crippen LogP contribution < -0.4 is 10.1 Å². The Kier molecular flexibility index (Phi) is 4.49. The Balaban J connectivity index is 2.02. The molecule has 0 spiro atoms. The summed E-state index contributed by atoms with van der Waals surface area (Å²) in [7, 11) is 1.68. The minimum Gasteiger partial charge on any atom is -0.496 e. The normalized spacial score (nSPS) is 23.9. The maximum absolute atomic E-state index is 6.02. The fourth-order valence-electron chi connectivity index (χ4n) is 2.27. The third kappa shape index (κ3) is 3.37. The van der Waals surface area contributed by atoms with Crippen LogP contribution in [0.1, 0.15) is 25.3 Å². The minimum absolute atomic E-state index is 0.0472. The molecule has 1 heterocycles. The van der Waals surface area contributed by atoms with Gasteiger partial charge in [-0.2, -0.15) is 0 Å². The molecule has 1 aliphatic rings. The van der Waals surface area contributed by atoms with Crippen LogP contribution in [0.3, 0.4) is 0 Å². The van der Waals surface area contributed by atoms with Crippen molar-refractivity contribution in [2.24, 2.45) is 0 Å². The van der Waals surface area contributed by atoms with Crippen LogP contribution in [0.4, 0.5) is 0 Å². The summed E-state index contributed by atoms with van der Waals surface area (Å²) in [5.41, 5.74) is 1.13. The van der Waals surface area contributed by atoms with E-state index in [2.05, 4.69) is 12.2 Å². The summed E-state index contributed by atoms with van der Waals surface area (Å²) in [5, 5.41) is 4.29. The Labute approximate surface area is 113 Å². The third-order valence-corrected chi connectivity index (χ3v) is 3.62. The van der Waals surface area contributed by atoms with Gasteiger partial charge in [-0.1, -0.05) is 11.6 Å². The van der Waals surface area contributed by atoms with Gasteiger partial charge in [-0.3, -0.25) is 0 Å². The van der Waals surface area contributed by atoms with Gasteiger partial charge in [0, 0.05) is 29.3 Å². The number of nitrogens with one attached hydrogen (secondary N) is 1. The molecule has 1 N–H and O–H groups in total. The fourth-order valence-corrected chi connectivity index (χ4v) is 2.46. The van der Waals surface area contributed by atoms with Gasteiger partial charge < -0.3 is 14.8 Å². The lowest BCUT2D eigenvalue weighted by molar-refractivity contribution is 0.0277. The van der Waals surface area contributed by atoms with Crippen molar-refractivity contribution < 1.29 is 9.47 Å². The lowest BCUT2D eigenvalue weighted by Crippen LogP contribution is -2.48. The first-order chi connectivity index (χ1) is 8.63. The summed E-state index contributed by atoms with van der Waals surface area (Å²) in [6, 6.07) is 5.69. The van der Waals surface area contributed by atoms with Crippen molar-refractivity contribution in [1.82, 2.24) is 5.32 Å². The van der Waals surface area contributed by atoms with Gasteiger partial charge in [-0.15, -0.1) is 0 Å². The quantitative estimate of drug-likeness (QED) is 0.912. The molecular weight excluding hydrogens is 250 g/mol. The first-order valence-electron chi connectivity index (χ1n) is 6.28. The largest absolute Gasteiger partial charge is 0.496 e. The summed E-state index contributed by atoms with van der Waals surface area (Å²) in [4.78, 5) is 0. The Bertz CT molecular complexity index is 403. The zero-order valence-electron chi connectivity index (χ0n) is 11.0. The summed E-state index contributed by atoms with van der Waals surface area (Å²) in [5.74, 6) is 0.868. The fraction of sp³-hybridized carbons (Fsp3) is 0.571. The molecule has 1 atom stereocenters. The molecule has 18 heavy (non-hydrogen) atoms. The molecule has 1 aliphatic heterocycles. The number of hydrogen-bond acceptors (Lipinski definition) is 3. The van der Waals surface area contributed by atoms with Crippen LogP contribution in [-0.4, -0.2) is 25.9 Å². The topological polar surface area (TPSA) is 30.5 Å². The highest BCUT2D eigenvalue weighted by Crippen LogP contribution is 2.24.